The molecule has 0 amide bonds. The minimum absolute atomic E-state index is 0.567. The summed E-state index contributed by atoms with van der Waals surface area (Å²) in [6.07, 6.45) is 9.53. The Hall–Kier alpha value is -0.840. The Labute approximate surface area is 174 Å². The zero-order valence-corrected chi connectivity index (χ0v) is 18.3. The quantitative estimate of drug-likeness (QED) is 0.480. The van der Waals surface area contributed by atoms with Crippen LogP contribution >= 0.6 is 31.9 Å². The molecule has 0 radical (unpaired) electrons. The summed E-state index contributed by atoms with van der Waals surface area (Å²) in [6.45, 7) is 1.47. The summed E-state index contributed by atoms with van der Waals surface area (Å²) in [6, 6.07) is 15.2. The van der Waals surface area contributed by atoms with E-state index >= 15 is 0 Å². The third kappa shape index (κ3) is 6.11. The van der Waals surface area contributed by atoms with Crippen LogP contribution in [0.3, 0.4) is 0 Å². The van der Waals surface area contributed by atoms with Crippen LogP contribution in [0, 0.1) is 0 Å². The van der Waals surface area contributed by atoms with Crippen molar-refractivity contribution >= 4 is 31.9 Å². The highest BCUT2D eigenvalue weighted by atomic mass is 79.9. The van der Waals surface area contributed by atoms with E-state index in [-0.39, 0.29) is 0 Å². The first-order chi connectivity index (χ1) is 12.7. The number of ether oxygens (including phenoxy) is 1. The van der Waals surface area contributed by atoms with Gasteiger partial charge in [-0.15, -0.1) is 0 Å². The van der Waals surface area contributed by atoms with Gasteiger partial charge in [0.25, 0.3) is 0 Å². The lowest BCUT2D eigenvalue weighted by Crippen LogP contribution is -2.29. The maximum absolute atomic E-state index is 6.02. The van der Waals surface area contributed by atoms with Crippen molar-refractivity contribution in [2.45, 2.75) is 64.1 Å². The Morgan fingerprint density at radius 1 is 0.846 bits per heavy atom. The van der Waals surface area contributed by atoms with Crippen molar-refractivity contribution < 1.29 is 4.74 Å². The van der Waals surface area contributed by atoms with Gasteiger partial charge in [-0.05, 0) is 68.0 Å². The van der Waals surface area contributed by atoms with Crippen molar-refractivity contribution in [1.82, 2.24) is 5.32 Å². The van der Waals surface area contributed by atoms with Crippen LogP contribution < -0.4 is 10.1 Å². The van der Waals surface area contributed by atoms with E-state index < -0.39 is 0 Å². The molecule has 0 saturated heterocycles. The van der Waals surface area contributed by atoms with Crippen molar-refractivity contribution in [2.24, 2.45) is 0 Å². The standard InChI is InChI=1S/C22H27Br2NO/c23-20-13-18(15-25-19-11-7-2-1-3-8-12-19)14-21(24)22(20)26-16-17-9-5-4-6-10-17/h4-6,9-10,13-14,19,25H,1-3,7-8,11-12,15-16H2. The van der Waals surface area contributed by atoms with Crippen LogP contribution in [-0.2, 0) is 13.2 Å². The number of benzene rings is 2. The van der Waals surface area contributed by atoms with Gasteiger partial charge in [-0.25, -0.2) is 0 Å². The fraction of sp³-hybridized carbons (Fsp3) is 0.455. The van der Waals surface area contributed by atoms with Crippen molar-refractivity contribution in [3.05, 3.63) is 62.5 Å². The van der Waals surface area contributed by atoms with E-state index in [2.05, 4.69) is 61.4 Å². The first-order valence-electron chi connectivity index (χ1n) is 9.60. The van der Waals surface area contributed by atoms with Gasteiger partial charge in [0, 0.05) is 12.6 Å². The molecule has 1 aliphatic rings. The lowest BCUT2D eigenvalue weighted by atomic mass is 9.96. The predicted molar refractivity (Wildman–Crippen MR) is 116 cm³/mol. The van der Waals surface area contributed by atoms with Gasteiger partial charge in [0.2, 0.25) is 0 Å². The fourth-order valence-corrected chi connectivity index (χ4v) is 5.01. The molecule has 3 rings (SSSR count). The van der Waals surface area contributed by atoms with E-state index in [1.807, 2.05) is 18.2 Å². The molecule has 0 aromatic heterocycles. The van der Waals surface area contributed by atoms with Gasteiger partial charge in [-0.1, -0.05) is 62.4 Å². The van der Waals surface area contributed by atoms with Crippen molar-refractivity contribution in [3.8, 4) is 5.75 Å². The van der Waals surface area contributed by atoms with Crippen LogP contribution in [0.1, 0.15) is 56.1 Å². The molecule has 1 aliphatic carbocycles. The zero-order valence-electron chi connectivity index (χ0n) is 15.1. The molecule has 2 aromatic rings. The molecule has 0 atom stereocenters. The van der Waals surface area contributed by atoms with Gasteiger partial charge in [0.15, 0.2) is 0 Å². The van der Waals surface area contributed by atoms with Crippen LogP contribution in [0.2, 0.25) is 0 Å². The van der Waals surface area contributed by atoms with Crippen LogP contribution in [0.4, 0.5) is 0 Å². The van der Waals surface area contributed by atoms with Crippen molar-refractivity contribution in [1.29, 1.82) is 0 Å². The van der Waals surface area contributed by atoms with Gasteiger partial charge in [-0.2, -0.15) is 0 Å². The first kappa shape index (κ1) is 19.9. The molecule has 2 aromatic carbocycles. The highest BCUT2D eigenvalue weighted by molar-refractivity contribution is 9.11. The highest BCUT2D eigenvalue weighted by Crippen LogP contribution is 2.35. The predicted octanol–water partition coefficient (Wildman–Crippen LogP) is 6.99. The van der Waals surface area contributed by atoms with E-state index in [0.717, 1.165) is 21.2 Å². The summed E-state index contributed by atoms with van der Waals surface area (Å²) >= 11 is 7.36. The van der Waals surface area contributed by atoms with Crippen molar-refractivity contribution in [3.63, 3.8) is 0 Å². The van der Waals surface area contributed by atoms with E-state index in [0.29, 0.717) is 12.6 Å². The number of nitrogens with one attached hydrogen (secondary N) is 1. The van der Waals surface area contributed by atoms with Crippen LogP contribution in [-0.4, -0.2) is 6.04 Å². The molecule has 0 spiro atoms. The smallest absolute Gasteiger partial charge is 0.148 e. The Kier molecular flexibility index (Phi) is 8.03. The average molecular weight is 481 g/mol. The van der Waals surface area contributed by atoms with Crippen LogP contribution in [0.15, 0.2) is 51.4 Å². The second-order valence-electron chi connectivity index (χ2n) is 7.09. The Morgan fingerprint density at radius 3 is 2.12 bits per heavy atom. The maximum atomic E-state index is 6.02. The summed E-state index contributed by atoms with van der Waals surface area (Å²) in [4.78, 5) is 0. The number of rotatable bonds is 6. The topological polar surface area (TPSA) is 21.3 Å². The summed E-state index contributed by atoms with van der Waals surface area (Å²) in [5.41, 5.74) is 2.44. The molecule has 0 unspecified atom stereocenters. The fourth-order valence-electron chi connectivity index (χ4n) is 3.50. The minimum atomic E-state index is 0.567. The monoisotopic (exact) mass is 479 g/mol. The van der Waals surface area contributed by atoms with Gasteiger partial charge >= 0.3 is 0 Å². The molecule has 1 N–H and O–H groups in total. The van der Waals surface area contributed by atoms with E-state index in [9.17, 15) is 0 Å². The normalized spacial score (nSPS) is 16.1. The van der Waals surface area contributed by atoms with E-state index in [1.54, 1.807) is 0 Å². The second kappa shape index (κ2) is 10.5. The summed E-state index contributed by atoms with van der Waals surface area (Å²) in [7, 11) is 0. The van der Waals surface area contributed by atoms with Gasteiger partial charge in [0.1, 0.15) is 12.4 Å². The largest absolute Gasteiger partial charge is 0.487 e. The van der Waals surface area contributed by atoms with E-state index in [1.165, 1.54) is 56.1 Å². The van der Waals surface area contributed by atoms with Crippen LogP contribution in [0.25, 0.3) is 0 Å². The SMILES string of the molecule is Brc1cc(CNC2CCCCCCC2)cc(Br)c1OCc1ccccc1. The molecule has 140 valence electrons. The first-order valence-corrected chi connectivity index (χ1v) is 11.2. The molecule has 4 heteroatoms. The Balaban J connectivity index is 1.57. The lowest BCUT2D eigenvalue weighted by molar-refractivity contribution is 0.302. The molecule has 0 bridgehead atoms. The average Bonchev–Trinajstić information content (AvgIpc) is 2.61. The second-order valence-corrected chi connectivity index (χ2v) is 8.79. The number of halogens is 2. The number of hydrogen-bond donors (Lipinski definition) is 1. The molecule has 1 saturated carbocycles. The summed E-state index contributed by atoms with van der Waals surface area (Å²) in [5.74, 6) is 0.864. The minimum Gasteiger partial charge on any atom is -0.487 e. The Bertz CT molecular complexity index is 659. The van der Waals surface area contributed by atoms with E-state index in [4.69, 9.17) is 4.74 Å². The molecule has 26 heavy (non-hydrogen) atoms. The highest BCUT2D eigenvalue weighted by Gasteiger charge is 2.13. The number of hydrogen-bond acceptors (Lipinski definition) is 2. The van der Waals surface area contributed by atoms with Crippen LogP contribution in [0.5, 0.6) is 5.75 Å². The van der Waals surface area contributed by atoms with Gasteiger partial charge in [-0.3, -0.25) is 0 Å². The molecular formula is C22H27Br2NO. The zero-order chi connectivity index (χ0) is 18.2. The molecule has 0 heterocycles. The van der Waals surface area contributed by atoms with Gasteiger partial charge in [0.05, 0.1) is 8.95 Å². The third-order valence-electron chi connectivity index (χ3n) is 4.98. The maximum Gasteiger partial charge on any atom is 0.148 e. The Morgan fingerprint density at radius 2 is 1.46 bits per heavy atom. The third-order valence-corrected chi connectivity index (χ3v) is 6.16. The molecule has 2 nitrogen and oxygen atoms in total. The van der Waals surface area contributed by atoms with Crippen molar-refractivity contribution in [2.75, 3.05) is 0 Å². The summed E-state index contributed by atoms with van der Waals surface area (Å²) < 4.78 is 8.01. The lowest BCUT2D eigenvalue weighted by Gasteiger charge is -2.21. The molecule has 0 aliphatic heterocycles. The summed E-state index contributed by atoms with van der Waals surface area (Å²) in [5, 5.41) is 3.75. The molecular weight excluding hydrogens is 454 g/mol. The molecule has 1 fully saturated rings. The van der Waals surface area contributed by atoms with Gasteiger partial charge < -0.3 is 10.1 Å².